The monoisotopic (exact) mass is 503 g/mol. The van der Waals surface area contributed by atoms with Gasteiger partial charge in [-0.05, 0) is 65.9 Å². The molecule has 0 bridgehead atoms. The van der Waals surface area contributed by atoms with Crippen LogP contribution in [0.2, 0.25) is 0 Å². The zero-order chi connectivity index (χ0) is 26.5. The molecule has 1 atom stereocenters. The molecule has 10 nitrogen and oxygen atoms in total. The van der Waals surface area contributed by atoms with Gasteiger partial charge in [-0.3, -0.25) is 19.5 Å². The molecule has 0 aliphatic heterocycles. The van der Waals surface area contributed by atoms with Gasteiger partial charge in [0.2, 0.25) is 0 Å². The van der Waals surface area contributed by atoms with E-state index in [1.54, 1.807) is 13.1 Å². The van der Waals surface area contributed by atoms with Crippen LogP contribution in [-0.2, 0) is 29.2 Å². The lowest BCUT2D eigenvalue weighted by atomic mass is 9.99. The SMILES string of the molecule is CCOC(=O)Cn1nnnc1[C@@H](C(C)C)N(Cc1cccnc1)Cc1cc2c(C)ccc(C)c2[nH]c1=O. The van der Waals surface area contributed by atoms with Crippen molar-refractivity contribution in [3.05, 3.63) is 81.2 Å². The molecule has 0 fully saturated rings. The Kier molecular flexibility index (Phi) is 8.08. The van der Waals surface area contributed by atoms with Crippen molar-refractivity contribution in [1.82, 2.24) is 35.1 Å². The number of tetrazole rings is 1. The van der Waals surface area contributed by atoms with Crippen molar-refractivity contribution in [2.75, 3.05) is 6.61 Å². The Balaban J connectivity index is 1.78. The molecule has 0 amide bonds. The van der Waals surface area contributed by atoms with E-state index in [2.05, 4.69) is 50.3 Å². The van der Waals surface area contributed by atoms with Gasteiger partial charge >= 0.3 is 5.97 Å². The number of fused-ring (bicyclic) bond motifs is 1. The second-order valence-corrected chi connectivity index (χ2v) is 9.57. The summed E-state index contributed by atoms with van der Waals surface area (Å²) >= 11 is 0. The molecular weight excluding hydrogens is 470 g/mol. The number of carbonyl (C=O) groups is 1. The fourth-order valence-electron chi connectivity index (χ4n) is 4.68. The number of nitrogens with zero attached hydrogens (tertiary/aromatic N) is 6. The summed E-state index contributed by atoms with van der Waals surface area (Å²) in [6.45, 7) is 11.0. The van der Waals surface area contributed by atoms with Crippen LogP contribution in [0.15, 0.2) is 47.5 Å². The summed E-state index contributed by atoms with van der Waals surface area (Å²) in [4.78, 5) is 35.0. The van der Waals surface area contributed by atoms with Crippen molar-refractivity contribution >= 4 is 16.9 Å². The van der Waals surface area contributed by atoms with Crippen LogP contribution in [-0.4, -0.2) is 47.7 Å². The molecule has 1 aromatic carbocycles. The molecule has 4 aromatic rings. The minimum Gasteiger partial charge on any atom is -0.465 e. The minimum atomic E-state index is -0.408. The Morgan fingerprint density at radius 2 is 1.95 bits per heavy atom. The Hall–Kier alpha value is -3.92. The standard InChI is InChI=1S/C27H33N7O3/c1-6-37-23(35)16-34-26(30-31-32-34)25(17(2)3)33(14-20-8-7-11-28-13-20)15-21-12-22-18(4)9-10-19(5)24(22)29-27(21)36/h7-13,17,25H,6,14-16H2,1-5H3,(H,29,36)/t25-/m1/s1. The molecule has 10 heteroatoms. The number of carbonyl (C=O) groups excluding carboxylic acids is 1. The van der Waals surface area contributed by atoms with Crippen molar-refractivity contribution in [3.8, 4) is 0 Å². The van der Waals surface area contributed by atoms with Gasteiger partial charge < -0.3 is 9.72 Å². The van der Waals surface area contributed by atoms with Crippen LogP contribution in [0, 0.1) is 19.8 Å². The molecule has 3 aromatic heterocycles. The van der Waals surface area contributed by atoms with Gasteiger partial charge in [-0.2, -0.15) is 0 Å². The topological polar surface area (TPSA) is 119 Å². The molecule has 0 radical (unpaired) electrons. The summed E-state index contributed by atoms with van der Waals surface area (Å²) in [5.74, 6) is 0.192. The summed E-state index contributed by atoms with van der Waals surface area (Å²) in [7, 11) is 0. The maximum absolute atomic E-state index is 13.2. The molecule has 0 saturated heterocycles. The lowest BCUT2D eigenvalue weighted by Crippen LogP contribution is -2.35. The first-order chi connectivity index (χ1) is 17.8. The first kappa shape index (κ1) is 26.2. The molecular formula is C27H33N7O3. The summed E-state index contributed by atoms with van der Waals surface area (Å²) in [6, 6.07) is 9.65. The Morgan fingerprint density at radius 3 is 2.65 bits per heavy atom. The summed E-state index contributed by atoms with van der Waals surface area (Å²) < 4.78 is 6.60. The van der Waals surface area contributed by atoms with Gasteiger partial charge in [0.25, 0.3) is 5.56 Å². The van der Waals surface area contributed by atoms with Crippen LogP contribution in [0.5, 0.6) is 0 Å². The molecule has 4 rings (SSSR count). The molecule has 1 N–H and O–H groups in total. The third-order valence-corrected chi connectivity index (χ3v) is 6.44. The Bertz CT molecular complexity index is 1430. The predicted octanol–water partition coefficient (Wildman–Crippen LogP) is 3.49. The van der Waals surface area contributed by atoms with E-state index >= 15 is 0 Å². The average Bonchev–Trinajstić information content (AvgIpc) is 3.30. The first-order valence-electron chi connectivity index (χ1n) is 12.4. The average molecular weight is 504 g/mol. The number of hydrogen-bond acceptors (Lipinski definition) is 8. The molecule has 0 aliphatic carbocycles. The highest BCUT2D eigenvalue weighted by molar-refractivity contribution is 5.85. The number of aromatic amines is 1. The van der Waals surface area contributed by atoms with Gasteiger partial charge in [0.05, 0.1) is 18.2 Å². The number of H-pyrrole nitrogens is 1. The number of hydrogen-bond donors (Lipinski definition) is 1. The summed E-state index contributed by atoms with van der Waals surface area (Å²) in [6.07, 6.45) is 3.54. The zero-order valence-electron chi connectivity index (χ0n) is 21.9. The van der Waals surface area contributed by atoms with Crippen molar-refractivity contribution < 1.29 is 9.53 Å². The van der Waals surface area contributed by atoms with Crippen LogP contribution >= 0.6 is 0 Å². The van der Waals surface area contributed by atoms with E-state index in [0.29, 0.717) is 24.5 Å². The summed E-state index contributed by atoms with van der Waals surface area (Å²) in [5, 5.41) is 13.3. The Morgan fingerprint density at radius 1 is 1.16 bits per heavy atom. The van der Waals surface area contributed by atoms with Crippen LogP contribution in [0.4, 0.5) is 0 Å². The highest BCUT2D eigenvalue weighted by Crippen LogP contribution is 2.30. The highest BCUT2D eigenvalue weighted by atomic mass is 16.5. The van der Waals surface area contributed by atoms with Gasteiger partial charge in [-0.15, -0.1) is 5.10 Å². The van der Waals surface area contributed by atoms with E-state index in [0.717, 1.165) is 27.6 Å². The highest BCUT2D eigenvalue weighted by Gasteiger charge is 2.31. The third kappa shape index (κ3) is 5.91. The minimum absolute atomic E-state index is 0.0622. The number of rotatable bonds is 10. The van der Waals surface area contributed by atoms with Crippen LogP contribution in [0.3, 0.4) is 0 Å². The molecule has 37 heavy (non-hydrogen) atoms. The number of nitrogens with one attached hydrogen (secondary N) is 1. The van der Waals surface area contributed by atoms with Crippen molar-refractivity contribution in [2.24, 2.45) is 5.92 Å². The largest absolute Gasteiger partial charge is 0.465 e. The van der Waals surface area contributed by atoms with Gasteiger partial charge in [-0.1, -0.05) is 32.0 Å². The molecule has 0 spiro atoms. The fraction of sp³-hybridized carbons (Fsp3) is 0.407. The quantitative estimate of drug-likeness (QED) is 0.327. The molecule has 0 aliphatic rings. The van der Waals surface area contributed by atoms with Crippen LogP contribution in [0.1, 0.15) is 54.9 Å². The number of ether oxygens (including phenoxy) is 1. The molecule has 3 heterocycles. The smallest absolute Gasteiger partial charge is 0.327 e. The van der Waals surface area contributed by atoms with Crippen molar-refractivity contribution in [3.63, 3.8) is 0 Å². The van der Waals surface area contributed by atoms with E-state index < -0.39 is 5.97 Å². The number of aryl methyl sites for hydroxylation is 2. The zero-order valence-corrected chi connectivity index (χ0v) is 21.9. The van der Waals surface area contributed by atoms with E-state index in [4.69, 9.17) is 4.74 Å². The van der Waals surface area contributed by atoms with Crippen LogP contribution in [0.25, 0.3) is 10.9 Å². The van der Waals surface area contributed by atoms with Gasteiger partial charge in [-0.25, -0.2) is 4.68 Å². The summed E-state index contributed by atoms with van der Waals surface area (Å²) in [5.41, 5.74) is 4.46. The lowest BCUT2D eigenvalue weighted by molar-refractivity contribution is -0.144. The van der Waals surface area contributed by atoms with E-state index in [1.807, 2.05) is 44.3 Å². The number of aromatic nitrogens is 6. The molecule has 0 unspecified atom stereocenters. The maximum Gasteiger partial charge on any atom is 0.327 e. The molecule has 0 saturated carbocycles. The van der Waals surface area contributed by atoms with E-state index in [1.165, 1.54) is 4.68 Å². The normalized spacial score (nSPS) is 12.4. The van der Waals surface area contributed by atoms with Crippen LogP contribution < -0.4 is 5.56 Å². The van der Waals surface area contributed by atoms with Crippen molar-refractivity contribution in [2.45, 2.75) is 60.3 Å². The number of pyridine rings is 2. The third-order valence-electron chi connectivity index (χ3n) is 6.44. The lowest BCUT2D eigenvalue weighted by Gasteiger charge is -2.33. The number of esters is 1. The first-order valence-corrected chi connectivity index (χ1v) is 12.4. The second kappa shape index (κ2) is 11.4. The predicted molar refractivity (Wildman–Crippen MR) is 140 cm³/mol. The number of benzene rings is 1. The van der Waals surface area contributed by atoms with E-state index in [9.17, 15) is 9.59 Å². The Labute approximate surface area is 215 Å². The maximum atomic E-state index is 13.2. The van der Waals surface area contributed by atoms with Gasteiger partial charge in [0, 0.05) is 36.4 Å². The van der Waals surface area contributed by atoms with Gasteiger partial charge in [0.15, 0.2) is 5.82 Å². The van der Waals surface area contributed by atoms with E-state index in [-0.39, 0.29) is 30.7 Å². The van der Waals surface area contributed by atoms with Crippen molar-refractivity contribution in [1.29, 1.82) is 0 Å². The molecule has 194 valence electrons. The fourth-order valence-corrected chi connectivity index (χ4v) is 4.68. The second-order valence-electron chi connectivity index (χ2n) is 9.57. The van der Waals surface area contributed by atoms with Gasteiger partial charge in [0.1, 0.15) is 6.54 Å².